The minimum atomic E-state index is -3.33. The fraction of sp³-hybridized carbons (Fsp3) is 0.111. The Morgan fingerprint density at radius 1 is 1.25 bits per heavy atom. The average molecular weight is 417 g/mol. The van der Waals surface area contributed by atoms with Crippen molar-refractivity contribution in [2.45, 2.75) is 4.90 Å². The Bertz CT molecular complexity index is 1300. The van der Waals surface area contributed by atoms with Crippen molar-refractivity contribution in [1.82, 2.24) is 4.57 Å². The largest absolute Gasteiger partial charge is 0.319 e. The first-order valence-corrected chi connectivity index (χ1v) is 10.7. The molecule has 0 saturated carbocycles. The molecule has 1 amide bonds. The zero-order valence-corrected chi connectivity index (χ0v) is 16.5. The lowest BCUT2D eigenvalue weighted by molar-refractivity contribution is -0.384. The molecule has 28 heavy (non-hydrogen) atoms. The maximum absolute atomic E-state index is 12.2. The van der Waals surface area contributed by atoms with Gasteiger partial charge in [-0.15, -0.1) is 0 Å². The number of fused-ring (bicyclic) bond motifs is 1. The van der Waals surface area contributed by atoms with Gasteiger partial charge in [-0.2, -0.15) is 4.99 Å². The maximum Gasteiger partial charge on any atom is 0.272 e. The minimum absolute atomic E-state index is 0.0656. The Kier molecular flexibility index (Phi) is 5.25. The predicted molar refractivity (Wildman–Crippen MR) is 107 cm³/mol. The van der Waals surface area contributed by atoms with E-state index in [9.17, 15) is 23.3 Å². The lowest BCUT2D eigenvalue weighted by Crippen LogP contribution is -2.12. The average Bonchev–Trinajstić information content (AvgIpc) is 2.94. The Morgan fingerprint density at radius 3 is 2.68 bits per heavy atom. The number of aryl methyl sites for hydroxylation is 1. The fourth-order valence-corrected chi connectivity index (χ4v) is 4.28. The lowest BCUT2D eigenvalue weighted by Gasteiger charge is -1.99. The Labute approximate surface area is 164 Å². The Balaban J connectivity index is 1.93. The lowest BCUT2D eigenvalue weighted by atomic mass is 10.2. The van der Waals surface area contributed by atoms with Gasteiger partial charge in [-0.3, -0.25) is 14.9 Å². The number of thiazole rings is 1. The molecule has 0 unspecified atom stereocenters. The molecule has 0 spiro atoms. The molecule has 0 N–H and O–H groups in total. The van der Waals surface area contributed by atoms with Gasteiger partial charge in [0.05, 0.1) is 20.0 Å². The summed E-state index contributed by atoms with van der Waals surface area (Å²) in [4.78, 5) is 27.1. The van der Waals surface area contributed by atoms with E-state index in [-0.39, 0.29) is 10.6 Å². The third-order valence-corrected chi connectivity index (χ3v) is 6.12. The van der Waals surface area contributed by atoms with Crippen LogP contribution < -0.4 is 4.80 Å². The van der Waals surface area contributed by atoms with Gasteiger partial charge in [0.2, 0.25) is 0 Å². The van der Waals surface area contributed by atoms with Crippen molar-refractivity contribution in [3.63, 3.8) is 0 Å². The number of nitrogens with zero attached hydrogens (tertiary/aromatic N) is 3. The van der Waals surface area contributed by atoms with Crippen molar-refractivity contribution < 1.29 is 18.1 Å². The molecule has 0 aliphatic carbocycles. The number of rotatable bonds is 4. The standard InChI is InChI=1S/C18H15N3O5S2/c1-20-15-8-7-14(28(2,25)26)11-16(15)27-18(20)19-17(22)9-6-12-4-3-5-13(10-12)21(23)24/h3-11H,1-2H3. The second-order valence-corrected chi connectivity index (χ2v) is 9.01. The number of carbonyl (C=O) groups excluding carboxylic acids is 1. The number of sulfone groups is 1. The summed E-state index contributed by atoms with van der Waals surface area (Å²) in [5.74, 6) is -0.531. The molecule has 0 atom stereocenters. The summed E-state index contributed by atoms with van der Waals surface area (Å²) in [5.41, 5.74) is 1.20. The van der Waals surface area contributed by atoms with E-state index < -0.39 is 20.7 Å². The molecule has 1 aromatic heterocycles. The van der Waals surface area contributed by atoms with Crippen molar-refractivity contribution in [3.8, 4) is 0 Å². The second-order valence-electron chi connectivity index (χ2n) is 5.98. The van der Waals surface area contributed by atoms with Crippen LogP contribution in [0.1, 0.15) is 5.56 Å². The molecule has 1 heterocycles. The highest BCUT2D eigenvalue weighted by molar-refractivity contribution is 7.90. The number of carbonyl (C=O) groups is 1. The molecule has 10 heteroatoms. The van der Waals surface area contributed by atoms with E-state index in [1.807, 2.05) is 0 Å². The van der Waals surface area contributed by atoms with Crippen LogP contribution in [0.15, 0.2) is 58.4 Å². The summed E-state index contributed by atoms with van der Waals surface area (Å²) < 4.78 is 25.8. The van der Waals surface area contributed by atoms with Gasteiger partial charge in [0.1, 0.15) is 0 Å². The van der Waals surface area contributed by atoms with E-state index in [1.165, 1.54) is 47.8 Å². The van der Waals surface area contributed by atoms with Crippen LogP contribution in [-0.4, -0.2) is 30.1 Å². The first kappa shape index (κ1) is 19.6. The van der Waals surface area contributed by atoms with Gasteiger partial charge in [-0.25, -0.2) is 8.42 Å². The van der Waals surface area contributed by atoms with Gasteiger partial charge in [0.25, 0.3) is 11.6 Å². The molecule has 0 fully saturated rings. The van der Waals surface area contributed by atoms with Crippen molar-refractivity contribution in [2.24, 2.45) is 12.0 Å². The monoisotopic (exact) mass is 417 g/mol. The van der Waals surface area contributed by atoms with Crippen LogP contribution in [0.4, 0.5) is 5.69 Å². The first-order valence-electron chi connectivity index (χ1n) is 7.96. The third kappa shape index (κ3) is 4.24. The topological polar surface area (TPSA) is 112 Å². The number of hydrogen-bond donors (Lipinski definition) is 0. The van der Waals surface area contributed by atoms with Crippen LogP contribution in [0.2, 0.25) is 0 Å². The van der Waals surface area contributed by atoms with Crippen molar-refractivity contribution in [2.75, 3.05) is 6.26 Å². The number of nitro groups is 1. The summed E-state index contributed by atoms with van der Waals surface area (Å²) in [6, 6.07) is 10.6. The van der Waals surface area contributed by atoms with E-state index in [4.69, 9.17) is 0 Å². The Morgan fingerprint density at radius 2 is 2.00 bits per heavy atom. The zero-order chi connectivity index (χ0) is 20.5. The van der Waals surface area contributed by atoms with Gasteiger partial charge in [0, 0.05) is 31.5 Å². The highest BCUT2D eigenvalue weighted by atomic mass is 32.2. The molecule has 2 aromatic carbocycles. The molecule has 3 aromatic rings. The summed E-state index contributed by atoms with van der Waals surface area (Å²) in [5, 5.41) is 10.8. The normalized spacial score (nSPS) is 12.7. The molecular weight excluding hydrogens is 402 g/mol. The van der Waals surface area contributed by atoms with Crippen LogP contribution in [0, 0.1) is 10.1 Å². The van der Waals surface area contributed by atoms with Gasteiger partial charge < -0.3 is 4.57 Å². The number of benzene rings is 2. The van der Waals surface area contributed by atoms with Crippen molar-refractivity contribution >= 4 is 49.1 Å². The van der Waals surface area contributed by atoms with E-state index in [2.05, 4.69) is 4.99 Å². The number of non-ortho nitro benzene ring substituents is 1. The number of amides is 1. The zero-order valence-electron chi connectivity index (χ0n) is 14.9. The van der Waals surface area contributed by atoms with Crippen LogP contribution >= 0.6 is 11.3 Å². The molecule has 3 rings (SSSR count). The van der Waals surface area contributed by atoms with Crippen LogP contribution in [-0.2, 0) is 21.7 Å². The smallest absolute Gasteiger partial charge is 0.272 e. The minimum Gasteiger partial charge on any atom is -0.319 e. The number of nitro benzene ring substituents is 1. The summed E-state index contributed by atoms with van der Waals surface area (Å²) in [7, 11) is -1.60. The van der Waals surface area contributed by atoms with E-state index >= 15 is 0 Å². The molecule has 0 saturated heterocycles. The number of aromatic nitrogens is 1. The highest BCUT2D eigenvalue weighted by Crippen LogP contribution is 2.21. The van der Waals surface area contributed by atoms with Crippen LogP contribution in [0.3, 0.4) is 0 Å². The van der Waals surface area contributed by atoms with E-state index in [0.29, 0.717) is 15.1 Å². The second kappa shape index (κ2) is 7.49. The molecule has 8 nitrogen and oxygen atoms in total. The quantitative estimate of drug-likeness (QED) is 0.368. The summed E-state index contributed by atoms with van der Waals surface area (Å²) in [6.45, 7) is 0. The fourth-order valence-electron chi connectivity index (χ4n) is 2.49. The van der Waals surface area contributed by atoms with Gasteiger partial charge in [-0.05, 0) is 29.8 Å². The molecular formula is C18H15N3O5S2. The SMILES string of the molecule is Cn1c(=NC(=O)C=Cc2cccc([N+](=O)[O-])c2)sc2cc(S(C)(=O)=O)ccc21. The molecule has 0 aliphatic heterocycles. The number of hydrogen-bond acceptors (Lipinski definition) is 6. The van der Waals surface area contributed by atoms with Crippen LogP contribution in [0.5, 0.6) is 0 Å². The summed E-state index contributed by atoms with van der Waals surface area (Å²) >= 11 is 1.20. The third-order valence-electron chi connectivity index (χ3n) is 3.91. The molecule has 144 valence electrons. The maximum atomic E-state index is 12.2. The molecule has 0 bridgehead atoms. The molecule has 0 aliphatic rings. The Hall–Kier alpha value is -3.11. The van der Waals surface area contributed by atoms with Crippen molar-refractivity contribution in [1.29, 1.82) is 0 Å². The highest BCUT2D eigenvalue weighted by Gasteiger charge is 2.11. The van der Waals surface area contributed by atoms with E-state index in [1.54, 1.807) is 29.8 Å². The van der Waals surface area contributed by atoms with Crippen LogP contribution in [0.25, 0.3) is 16.3 Å². The van der Waals surface area contributed by atoms with Gasteiger partial charge in [0.15, 0.2) is 14.6 Å². The van der Waals surface area contributed by atoms with Gasteiger partial charge in [-0.1, -0.05) is 23.5 Å². The predicted octanol–water partition coefficient (Wildman–Crippen LogP) is 2.69. The van der Waals surface area contributed by atoms with Gasteiger partial charge >= 0.3 is 0 Å². The molecule has 0 radical (unpaired) electrons. The van der Waals surface area contributed by atoms with Crippen molar-refractivity contribution in [3.05, 3.63) is 69.0 Å². The first-order chi connectivity index (χ1) is 13.1. The van der Waals surface area contributed by atoms with E-state index in [0.717, 1.165) is 11.8 Å². The summed E-state index contributed by atoms with van der Waals surface area (Å²) in [6.07, 6.45) is 3.81.